The van der Waals surface area contributed by atoms with Gasteiger partial charge in [-0.25, -0.2) is 0 Å². The summed E-state index contributed by atoms with van der Waals surface area (Å²) < 4.78 is 5.77. The molecule has 1 atom stereocenters. The Labute approximate surface area is 101 Å². The molecular weight excluding hydrogens is 216 g/mol. The third kappa shape index (κ3) is 2.90. The van der Waals surface area contributed by atoms with Gasteiger partial charge in [-0.1, -0.05) is 0 Å². The molecule has 92 valence electrons. The van der Waals surface area contributed by atoms with Crippen LogP contribution in [-0.2, 0) is 4.79 Å². The van der Waals surface area contributed by atoms with Crippen LogP contribution < -0.4 is 15.8 Å². The Morgan fingerprint density at radius 3 is 3.00 bits per heavy atom. The fraction of sp³-hybridized carbons (Fsp3) is 0.462. The summed E-state index contributed by atoms with van der Waals surface area (Å²) in [5.74, 6) is 0.722. The molecule has 17 heavy (non-hydrogen) atoms. The number of nitrogens with two attached hydrogens (primary N) is 1. The molecule has 1 saturated heterocycles. The summed E-state index contributed by atoms with van der Waals surface area (Å²) in [6, 6.07) is 5.46. The molecule has 3 N–H and O–H groups in total. The molecule has 4 heteroatoms. The lowest BCUT2D eigenvalue weighted by molar-refractivity contribution is -0.127. The number of ether oxygens (including phenoxy) is 1. The van der Waals surface area contributed by atoms with Crippen molar-refractivity contribution < 1.29 is 9.53 Å². The van der Waals surface area contributed by atoms with Crippen molar-refractivity contribution in [2.24, 2.45) is 0 Å². The Balaban J connectivity index is 2.10. The minimum absolute atomic E-state index is 0.0151. The van der Waals surface area contributed by atoms with E-state index in [9.17, 15) is 4.79 Å². The number of aryl methyl sites for hydroxylation is 1. The second-order valence-electron chi connectivity index (χ2n) is 4.42. The van der Waals surface area contributed by atoms with Gasteiger partial charge in [0.1, 0.15) is 5.75 Å². The van der Waals surface area contributed by atoms with Crippen LogP contribution in [0.4, 0.5) is 5.69 Å². The van der Waals surface area contributed by atoms with Crippen molar-refractivity contribution in [2.45, 2.75) is 32.3 Å². The second-order valence-corrected chi connectivity index (χ2v) is 4.42. The van der Waals surface area contributed by atoms with Gasteiger partial charge in [-0.3, -0.25) is 4.79 Å². The van der Waals surface area contributed by atoms with Crippen LogP contribution >= 0.6 is 0 Å². The molecule has 0 aromatic heterocycles. The number of carbonyl (C=O) groups excluding carboxylic acids is 1. The van der Waals surface area contributed by atoms with Crippen LogP contribution in [0.15, 0.2) is 18.2 Å². The van der Waals surface area contributed by atoms with Gasteiger partial charge in [0.15, 0.2) is 6.10 Å². The highest BCUT2D eigenvalue weighted by atomic mass is 16.5. The zero-order valence-corrected chi connectivity index (χ0v) is 10.0. The molecule has 1 aliphatic heterocycles. The Hall–Kier alpha value is -1.71. The molecule has 0 aliphatic carbocycles. The van der Waals surface area contributed by atoms with Crippen LogP contribution in [0, 0.1) is 6.92 Å². The van der Waals surface area contributed by atoms with Crippen LogP contribution in [0.1, 0.15) is 24.8 Å². The molecule has 1 aliphatic rings. The van der Waals surface area contributed by atoms with Crippen molar-refractivity contribution in [1.82, 2.24) is 5.32 Å². The van der Waals surface area contributed by atoms with Gasteiger partial charge in [0.25, 0.3) is 5.91 Å². The highest BCUT2D eigenvalue weighted by Crippen LogP contribution is 2.23. The fourth-order valence-corrected chi connectivity index (χ4v) is 1.98. The zero-order valence-electron chi connectivity index (χ0n) is 10.0. The number of hydrogen-bond acceptors (Lipinski definition) is 3. The summed E-state index contributed by atoms with van der Waals surface area (Å²) >= 11 is 0. The van der Waals surface area contributed by atoms with Gasteiger partial charge in [-0.05, 0) is 49.9 Å². The minimum Gasteiger partial charge on any atom is -0.480 e. The second kappa shape index (κ2) is 5.08. The Morgan fingerprint density at radius 1 is 1.41 bits per heavy atom. The summed E-state index contributed by atoms with van der Waals surface area (Å²) in [5.41, 5.74) is 7.35. The molecule has 0 spiro atoms. The minimum atomic E-state index is -0.375. The lowest BCUT2D eigenvalue weighted by Crippen LogP contribution is -2.36. The lowest BCUT2D eigenvalue weighted by Gasteiger charge is -2.17. The summed E-state index contributed by atoms with van der Waals surface area (Å²) in [7, 11) is 0. The van der Waals surface area contributed by atoms with E-state index in [1.165, 1.54) is 0 Å². The number of carbonyl (C=O) groups is 1. The maximum Gasteiger partial charge on any atom is 0.261 e. The first-order valence-electron chi connectivity index (χ1n) is 5.97. The van der Waals surface area contributed by atoms with E-state index in [4.69, 9.17) is 10.5 Å². The van der Waals surface area contributed by atoms with Gasteiger partial charge >= 0.3 is 0 Å². The molecule has 0 bridgehead atoms. The van der Waals surface area contributed by atoms with Gasteiger partial charge in [-0.2, -0.15) is 0 Å². The largest absolute Gasteiger partial charge is 0.480 e. The van der Waals surface area contributed by atoms with E-state index < -0.39 is 0 Å². The van der Waals surface area contributed by atoms with Crippen LogP contribution in [0.25, 0.3) is 0 Å². The topological polar surface area (TPSA) is 64.3 Å². The first-order chi connectivity index (χ1) is 8.16. The zero-order chi connectivity index (χ0) is 12.3. The predicted octanol–water partition coefficient (Wildman–Crippen LogP) is 1.62. The summed E-state index contributed by atoms with van der Waals surface area (Å²) in [4.78, 5) is 11.7. The van der Waals surface area contributed by atoms with Gasteiger partial charge in [-0.15, -0.1) is 0 Å². The van der Waals surface area contributed by atoms with E-state index in [1.54, 1.807) is 6.07 Å². The summed E-state index contributed by atoms with van der Waals surface area (Å²) in [5, 5.41) is 2.86. The molecule has 1 aromatic rings. The van der Waals surface area contributed by atoms with Crippen molar-refractivity contribution in [3.8, 4) is 5.75 Å². The van der Waals surface area contributed by atoms with Crippen LogP contribution in [0.2, 0.25) is 0 Å². The van der Waals surface area contributed by atoms with Gasteiger partial charge in [0.2, 0.25) is 0 Å². The Kier molecular flexibility index (Phi) is 3.52. The maximum absolute atomic E-state index is 11.7. The molecule has 1 amide bonds. The van der Waals surface area contributed by atoms with Crippen molar-refractivity contribution >= 4 is 11.6 Å². The normalized spacial score (nSPS) is 20.5. The molecule has 2 rings (SSSR count). The molecule has 1 heterocycles. The van der Waals surface area contributed by atoms with E-state index in [2.05, 4.69) is 5.32 Å². The van der Waals surface area contributed by atoms with Crippen molar-refractivity contribution in [2.75, 3.05) is 12.3 Å². The van der Waals surface area contributed by atoms with Crippen molar-refractivity contribution in [3.63, 3.8) is 0 Å². The summed E-state index contributed by atoms with van der Waals surface area (Å²) in [6.45, 7) is 2.68. The monoisotopic (exact) mass is 234 g/mol. The average molecular weight is 234 g/mol. The van der Waals surface area contributed by atoms with E-state index in [-0.39, 0.29) is 12.0 Å². The Bertz CT molecular complexity index is 418. The third-order valence-corrected chi connectivity index (χ3v) is 2.95. The van der Waals surface area contributed by atoms with E-state index in [0.717, 1.165) is 37.1 Å². The highest BCUT2D eigenvalue weighted by molar-refractivity contribution is 5.81. The van der Waals surface area contributed by atoms with Gasteiger partial charge < -0.3 is 15.8 Å². The number of nitrogen functional groups attached to an aromatic ring is 1. The van der Waals surface area contributed by atoms with Gasteiger partial charge in [0, 0.05) is 12.2 Å². The molecular formula is C13H18N2O2. The lowest BCUT2D eigenvalue weighted by atomic mass is 10.1. The number of nitrogens with one attached hydrogen (secondary N) is 1. The molecule has 0 saturated carbocycles. The standard InChI is InChI=1S/C13H18N2O2/c1-9-8-10(14)5-6-11(9)17-12-4-2-3-7-15-13(12)16/h5-6,8,12H,2-4,7,14H2,1H3,(H,15,16). The predicted molar refractivity (Wildman–Crippen MR) is 66.9 cm³/mol. The highest BCUT2D eigenvalue weighted by Gasteiger charge is 2.22. The number of rotatable bonds is 2. The molecule has 0 radical (unpaired) electrons. The number of hydrogen-bond donors (Lipinski definition) is 2. The fourth-order valence-electron chi connectivity index (χ4n) is 1.98. The van der Waals surface area contributed by atoms with Crippen LogP contribution in [-0.4, -0.2) is 18.6 Å². The van der Waals surface area contributed by atoms with E-state index in [0.29, 0.717) is 5.69 Å². The molecule has 1 aromatic carbocycles. The third-order valence-electron chi connectivity index (χ3n) is 2.95. The number of benzene rings is 1. The number of anilines is 1. The first-order valence-corrected chi connectivity index (χ1v) is 5.97. The van der Waals surface area contributed by atoms with Gasteiger partial charge in [0.05, 0.1) is 0 Å². The van der Waals surface area contributed by atoms with Crippen LogP contribution in [0.5, 0.6) is 5.75 Å². The number of amides is 1. The summed E-state index contributed by atoms with van der Waals surface area (Å²) in [6.07, 6.45) is 2.43. The van der Waals surface area contributed by atoms with Crippen molar-refractivity contribution in [3.05, 3.63) is 23.8 Å². The quantitative estimate of drug-likeness (QED) is 0.764. The molecule has 1 unspecified atom stereocenters. The molecule has 1 fully saturated rings. The smallest absolute Gasteiger partial charge is 0.261 e. The first kappa shape index (κ1) is 11.8. The van der Waals surface area contributed by atoms with Crippen molar-refractivity contribution in [1.29, 1.82) is 0 Å². The maximum atomic E-state index is 11.7. The van der Waals surface area contributed by atoms with Crippen LogP contribution in [0.3, 0.4) is 0 Å². The SMILES string of the molecule is Cc1cc(N)ccc1OC1CCCCNC1=O. The van der Waals surface area contributed by atoms with E-state index >= 15 is 0 Å². The Morgan fingerprint density at radius 2 is 2.24 bits per heavy atom. The molecule has 4 nitrogen and oxygen atoms in total. The average Bonchev–Trinajstić information content (AvgIpc) is 2.48. The van der Waals surface area contributed by atoms with E-state index in [1.807, 2.05) is 19.1 Å².